The number of methoxy groups -OCH3 is 1. The minimum atomic E-state index is 0.121. The predicted octanol–water partition coefficient (Wildman–Crippen LogP) is 4.31. The number of hydrogen-bond acceptors (Lipinski definition) is 2. The van der Waals surface area contributed by atoms with Crippen molar-refractivity contribution in [3.63, 3.8) is 0 Å². The normalized spacial score (nSPS) is 10.9. The summed E-state index contributed by atoms with van der Waals surface area (Å²) in [4.78, 5) is 12.3. The van der Waals surface area contributed by atoms with Crippen LogP contribution in [0.25, 0.3) is 10.9 Å². The van der Waals surface area contributed by atoms with Gasteiger partial charge < -0.3 is 4.74 Å². The van der Waals surface area contributed by atoms with Gasteiger partial charge in [-0.1, -0.05) is 25.4 Å². The number of carbonyl (C=O) groups is 1. The van der Waals surface area contributed by atoms with Crippen LogP contribution >= 0.6 is 11.6 Å². The Kier molecular flexibility index (Phi) is 4.15. The maximum Gasteiger partial charge on any atom is 0.231 e. The molecule has 102 valence electrons. The quantitative estimate of drug-likeness (QED) is 0.835. The predicted molar refractivity (Wildman–Crippen MR) is 78.4 cm³/mol. The zero-order valence-electron chi connectivity index (χ0n) is 11.5. The van der Waals surface area contributed by atoms with Gasteiger partial charge in [0.25, 0.3) is 0 Å². The van der Waals surface area contributed by atoms with Crippen molar-refractivity contribution in [2.45, 2.75) is 33.1 Å². The summed E-state index contributed by atoms with van der Waals surface area (Å²) < 4.78 is 7.00. The lowest BCUT2D eigenvalue weighted by molar-refractivity contribution is 0.0904. The average Bonchev–Trinajstić information content (AvgIpc) is 2.75. The number of fused-ring (bicyclic) bond motifs is 1. The third kappa shape index (κ3) is 2.47. The van der Waals surface area contributed by atoms with Crippen LogP contribution in [0.1, 0.15) is 37.2 Å². The van der Waals surface area contributed by atoms with Gasteiger partial charge in [0, 0.05) is 17.5 Å². The number of aryl methyl sites for hydroxylation is 1. The molecule has 0 N–H and O–H groups in total. The molecule has 0 saturated heterocycles. The number of hydrogen-bond donors (Lipinski definition) is 0. The van der Waals surface area contributed by atoms with E-state index >= 15 is 0 Å². The van der Waals surface area contributed by atoms with E-state index in [9.17, 15) is 4.79 Å². The van der Waals surface area contributed by atoms with E-state index in [0.717, 1.165) is 29.4 Å². The van der Waals surface area contributed by atoms with E-state index < -0.39 is 0 Å². The SMILES string of the molecule is CCCC(=O)n1c(CC)cc2cc(OC)c(Cl)cc21. The van der Waals surface area contributed by atoms with Gasteiger partial charge in [-0.25, -0.2) is 0 Å². The zero-order chi connectivity index (χ0) is 14.0. The first-order valence-electron chi connectivity index (χ1n) is 6.53. The average molecular weight is 280 g/mol. The lowest BCUT2D eigenvalue weighted by Gasteiger charge is -2.08. The lowest BCUT2D eigenvalue weighted by Crippen LogP contribution is -2.12. The zero-order valence-corrected chi connectivity index (χ0v) is 12.3. The fourth-order valence-electron chi connectivity index (χ4n) is 2.30. The van der Waals surface area contributed by atoms with Crippen molar-refractivity contribution in [1.82, 2.24) is 4.57 Å². The highest BCUT2D eigenvalue weighted by molar-refractivity contribution is 6.32. The number of ether oxygens (including phenoxy) is 1. The van der Waals surface area contributed by atoms with Crippen molar-refractivity contribution in [3.8, 4) is 5.75 Å². The van der Waals surface area contributed by atoms with Gasteiger partial charge >= 0.3 is 0 Å². The summed E-state index contributed by atoms with van der Waals surface area (Å²) in [5, 5.41) is 1.52. The maximum atomic E-state index is 12.3. The molecular weight excluding hydrogens is 262 g/mol. The molecular formula is C15H18ClNO2. The first-order chi connectivity index (χ1) is 9.12. The Labute approximate surface area is 118 Å². The van der Waals surface area contributed by atoms with Gasteiger partial charge in [0.05, 0.1) is 17.6 Å². The van der Waals surface area contributed by atoms with Crippen LogP contribution in [-0.2, 0) is 6.42 Å². The fourth-order valence-corrected chi connectivity index (χ4v) is 2.54. The molecule has 0 unspecified atom stereocenters. The first-order valence-corrected chi connectivity index (χ1v) is 6.91. The van der Waals surface area contributed by atoms with Crippen molar-refractivity contribution in [3.05, 3.63) is 28.9 Å². The highest BCUT2D eigenvalue weighted by Crippen LogP contribution is 2.32. The number of rotatable bonds is 4. The van der Waals surface area contributed by atoms with Gasteiger partial charge in [0.15, 0.2) is 0 Å². The fraction of sp³-hybridized carbons (Fsp3) is 0.400. The second-order valence-electron chi connectivity index (χ2n) is 4.51. The Hall–Kier alpha value is -1.48. The van der Waals surface area contributed by atoms with Crippen molar-refractivity contribution in [1.29, 1.82) is 0 Å². The molecule has 1 aromatic carbocycles. The third-order valence-electron chi connectivity index (χ3n) is 3.23. The summed E-state index contributed by atoms with van der Waals surface area (Å²) in [6.45, 7) is 4.05. The smallest absolute Gasteiger partial charge is 0.231 e. The van der Waals surface area contributed by atoms with Gasteiger partial charge in [-0.05, 0) is 31.0 Å². The Balaban J connectivity index is 2.67. The molecule has 1 heterocycles. The highest BCUT2D eigenvalue weighted by Gasteiger charge is 2.15. The van der Waals surface area contributed by atoms with Crippen LogP contribution in [0.2, 0.25) is 5.02 Å². The molecule has 3 nitrogen and oxygen atoms in total. The monoisotopic (exact) mass is 279 g/mol. The Morgan fingerprint density at radius 3 is 2.63 bits per heavy atom. The minimum Gasteiger partial charge on any atom is -0.495 e. The molecule has 4 heteroatoms. The summed E-state index contributed by atoms with van der Waals surface area (Å²) in [7, 11) is 1.59. The molecule has 0 atom stereocenters. The third-order valence-corrected chi connectivity index (χ3v) is 3.52. The van der Waals surface area contributed by atoms with Crippen LogP contribution in [0.5, 0.6) is 5.75 Å². The summed E-state index contributed by atoms with van der Waals surface area (Å²) in [5.74, 6) is 0.757. The molecule has 0 aliphatic rings. The maximum absolute atomic E-state index is 12.3. The van der Waals surface area contributed by atoms with Gasteiger partial charge in [0.1, 0.15) is 5.75 Å². The number of aromatic nitrogens is 1. The second kappa shape index (κ2) is 5.66. The minimum absolute atomic E-state index is 0.121. The van der Waals surface area contributed by atoms with E-state index in [0.29, 0.717) is 17.2 Å². The van der Waals surface area contributed by atoms with Crippen LogP contribution in [0, 0.1) is 0 Å². The van der Waals surface area contributed by atoms with E-state index in [4.69, 9.17) is 16.3 Å². The number of benzene rings is 1. The molecule has 0 radical (unpaired) electrons. The van der Waals surface area contributed by atoms with Crippen LogP contribution in [-0.4, -0.2) is 17.6 Å². The molecule has 0 aliphatic heterocycles. The summed E-state index contributed by atoms with van der Waals surface area (Å²) in [6, 6.07) is 5.72. The first kappa shape index (κ1) is 13.9. The van der Waals surface area contributed by atoms with Crippen molar-refractivity contribution in [2.24, 2.45) is 0 Å². The molecule has 0 aliphatic carbocycles. The number of nitrogens with zero attached hydrogens (tertiary/aromatic N) is 1. The van der Waals surface area contributed by atoms with Gasteiger partial charge in [-0.3, -0.25) is 9.36 Å². The van der Waals surface area contributed by atoms with Crippen molar-refractivity contribution >= 4 is 28.4 Å². The molecule has 2 aromatic rings. The summed E-state index contributed by atoms with van der Waals surface area (Å²) >= 11 is 6.16. The molecule has 0 spiro atoms. The summed E-state index contributed by atoms with van der Waals surface area (Å²) in [6.07, 6.45) is 2.19. The van der Waals surface area contributed by atoms with Crippen LogP contribution in [0.4, 0.5) is 0 Å². The highest BCUT2D eigenvalue weighted by atomic mass is 35.5. The van der Waals surface area contributed by atoms with E-state index in [1.54, 1.807) is 11.7 Å². The van der Waals surface area contributed by atoms with E-state index in [1.165, 1.54) is 0 Å². The molecule has 0 amide bonds. The van der Waals surface area contributed by atoms with E-state index in [1.807, 2.05) is 32.0 Å². The Bertz CT molecular complexity index is 616. The molecule has 0 fully saturated rings. The standard InChI is InChI=1S/C15H18ClNO2/c1-4-6-15(18)17-11(5-2)7-10-8-14(19-3)12(16)9-13(10)17/h7-9H,4-6H2,1-3H3. The molecule has 1 aromatic heterocycles. The summed E-state index contributed by atoms with van der Waals surface area (Å²) in [5.41, 5.74) is 1.87. The van der Waals surface area contributed by atoms with Gasteiger partial charge in [-0.15, -0.1) is 0 Å². The Morgan fingerprint density at radius 1 is 1.32 bits per heavy atom. The second-order valence-corrected chi connectivity index (χ2v) is 4.92. The van der Waals surface area contributed by atoms with Crippen LogP contribution in [0.3, 0.4) is 0 Å². The largest absolute Gasteiger partial charge is 0.495 e. The molecule has 0 saturated carbocycles. The van der Waals surface area contributed by atoms with E-state index in [-0.39, 0.29) is 5.91 Å². The lowest BCUT2D eigenvalue weighted by atomic mass is 10.2. The molecule has 0 bridgehead atoms. The number of halogens is 1. The topological polar surface area (TPSA) is 31.2 Å². The molecule has 19 heavy (non-hydrogen) atoms. The number of carbonyl (C=O) groups excluding carboxylic acids is 1. The van der Waals surface area contributed by atoms with E-state index in [2.05, 4.69) is 0 Å². The Morgan fingerprint density at radius 2 is 2.05 bits per heavy atom. The van der Waals surface area contributed by atoms with Crippen molar-refractivity contribution < 1.29 is 9.53 Å². The van der Waals surface area contributed by atoms with Gasteiger partial charge in [-0.2, -0.15) is 0 Å². The van der Waals surface area contributed by atoms with Crippen molar-refractivity contribution in [2.75, 3.05) is 7.11 Å². The van der Waals surface area contributed by atoms with Crippen LogP contribution in [0.15, 0.2) is 18.2 Å². The van der Waals surface area contributed by atoms with Crippen LogP contribution < -0.4 is 4.74 Å². The van der Waals surface area contributed by atoms with Gasteiger partial charge in [0.2, 0.25) is 5.91 Å². The molecule has 2 rings (SSSR count).